The van der Waals surface area contributed by atoms with Crippen LogP contribution in [-0.2, 0) is 4.74 Å². The normalized spacial score (nSPS) is 14.3. The van der Waals surface area contributed by atoms with Gasteiger partial charge in [-0.3, -0.25) is 0 Å². The number of hydrogen-bond donors (Lipinski definition) is 0. The Morgan fingerprint density at radius 1 is 0.966 bits per heavy atom. The Kier molecular flexibility index (Phi) is 5.03. The lowest BCUT2D eigenvalue weighted by molar-refractivity contribution is -0.286. The van der Waals surface area contributed by atoms with E-state index in [1.807, 2.05) is 0 Å². The third-order valence-corrected chi connectivity index (χ3v) is 3.50. The van der Waals surface area contributed by atoms with E-state index in [1.54, 1.807) is 0 Å². The molecule has 0 radical (unpaired) electrons. The summed E-state index contributed by atoms with van der Waals surface area (Å²) in [7, 11) is 2.20. The quantitative estimate of drug-likeness (QED) is 0.519. The first-order chi connectivity index (χ1) is 13.5. The molecule has 0 bridgehead atoms. The molecule has 2 aromatic rings. The lowest BCUT2D eigenvalue weighted by atomic mass is 10.1. The molecular formula is C17H11F5O7. The van der Waals surface area contributed by atoms with Gasteiger partial charge in [-0.05, 0) is 12.1 Å². The van der Waals surface area contributed by atoms with E-state index in [4.69, 9.17) is 9.47 Å². The number of carbonyl (C=O) groups is 1. The summed E-state index contributed by atoms with van der Waals surface area (Å²) in [4.78, 5) is 12.0. The number of benzene rings is 2. The molecule has 0 unspecified atom stereocenters. The molecular weight excluding hydrogens is 411 g/mol. The summed E-state index contributed by atoms with van der Waals surface area (Å²) in [5, 5.41) is 0. The topological polar surface area (TPSA) is 72.5 Å². The van der Waals surface area contributed by atoms with Gasteiger partial charge in [-0.15, -0.1) is 22.0 Å². The average Bonchev–Trinajstić information content (AvgIpc) is 2.93. The maximum atomic E-state index is 13.3. The van der Waals surface area contributed by atoms with Gasteiger partial charge in [-0.25, -0.2) is 4.79 Å². The zero-order valence-electron chi connectivity index (χ0n) is 14.6. The molecule has 0 atom stereocenters. The number of hydrogen-bond acceptors (Lipinski definition) is 7. The van der Waals surface area contributed by atoms with Crippen LogP contribution in [0.1, 0.15) is 10.4 Å². The van der Waals surface area contributed by atoms with Crippen molar-refractivity contribution in [2.24, 2.45) is 0 Å². The maximum absolute atomic E-state index is 13.3. The Bertz CT molecular complexity index is 942. The first-order valence-electron chi connectivity index (χ1n) is 7.65. The Balaban J connectivity index is 1.98. The highest BCUT2D eigenvalue weighted by molar-refractivity contribution is 5.93. The first-order valence-corrected chi connectivity index (χ1v) is 7.65. The maximum Gasteiger partial charge on any atom is 0.586 e. The minimum atomic E-state index is -4.92. The molecule has 0 saturated heterocycles. The van der Waals surface area contributed by atoms with E-state index in [0.29, 0.717) is 0 Å². The van der Waals surface area contributed by atoms with E-state index in [0.717, 1.165) is 44.6 Å². The number of carbonyl (C=O) groups excluding carboxylic acids is 1. The van der Waals surface area contributed by atoms with Crippen molar-refractivity contribution in [1.29, 1.82) is 0 Å². The largest absolute Gasteiger partial charge is 0.586 e. The van der Waals surface area contributed by atoms with Crippen molar-refractivity contribution >= 4 is 5.97 Å². The van der Waals surface area contributed by atoms with Crippen LogP contribution in [0.4, 0.5) is 22.0 Å². The molecule has 3 rings (SSSR count). The standard InChI is InChI=1S/C17H11F5O7/c1-24-12-5-8(27-16(18,19)20)3-4-10(12)26-11-7-14-13(28-17(21,22)29-14)6-9(11)15(23)25-2/h3-7H,1-2H3. The van der Waals surface area contributed by atoms with E-state index in [1.165, 1.54) is 0 Å². The molecule has 0 amide bonds. The molecule has 7 nitrogen and oxygen atoms in total. The summed E-state index contributed by atoms with van der Waals surface area (Å²) in [6, 6.07) is 4.76. The van der Waals surface area contributed by atoms with Gasteiger partial charge < -0.3 is 28.4 Å². The van der Waals surface area contributed by atoms with Crippen LogP contribution in [0.15, 0.2) is 30.3 Å². The highest BCUT2D eigenvalue weighted by Crippen LogP contribution is 2.46. The number of halogens is 5. The third kappa shape index (κ3) is 4.52. The molecule has 0 aliphatic carbocycles. The fourth-order valence-electron chi connectivity index (χ4n) is 2.38. The second kappa shape index (κ2) is 7.18. The van der Waals surface area contributed by atoms with E-state index in [9.17, 15) is 26.7 Å². The summed E-state index contributed by atoms with van der Waals surface area (Å²) in [5.74, 6) is -3.00. The molecule has 0 aromatic heterocycles. The van der Waals surface area contributed by atoms with E-state index in [-0.39, 0.29) is 22.8 Å². The lowest BCUT2D eigenvalue weighted by Gasteiger charge is -2.15. The van der Waals surface area contributed by atoms with Crippen molar-refractivity contribution < 1.29 is 55.2 Å². The second-order valence-corrected chi connectivity index (χ2v) is 5.42. The Hall–Kier alpha value is -3.44. The molecule has 29 heavy (non-hydrogen) atoms. The van der Waals surface area contributed by atoms with Gasteiger partial charge >= 0.3 is 18.6 Å². The van der Waals surface area contributed by atoms with Crippen molar-refractivity contribution in [3.8, 4) is 34.5 Å². The number of ether oxygens (including phenoxy) is 6. The number of alkyl halides is 5. The Morgan fingerprint density at radius 2 is 1.62 bits per heavy atom. The molecule has 1 aliphatic rings. The minimum Gasteiger partial charge on any atom is -0.493 e. The summed E-state index contributed by atoms with van der Waals surface area (Å²) < 4.78 is 91.0. The van der Waals surface area contributed by atoms with Crippen LogP contribution in [0.3, 0.4) is 0 Å². The van der Waals surface area contributed by atoms with Crippen molar-refractivity contribution in [3.05, 3.63) is 35.9 Å². The smallest absolute Gasteiger partial charge is 0.493 e. The van der Waals surface area contributed by atoms with Gasteiger partial charge in [0.2, 0.25) is 0 Å². The van der Waals surface area contributed by atoms with Gasteiger partial charge in [0.05, 0.1) is 14.2 Å². The van der Waals surface area contributed by atoms with E-state index < -0.39 is 35.9 Å². The predicted molar refractivity (Wildman–Crippen MR) is 83.7 cm³/mol. The van der Waals surface area contributed by atoms with E-state index >= 15 is 0 Å². The summed E-state index contributed by atoms with van der Waals surface area (Å²) >= 11 is 0. The molecule has 12 heteroatoms. The number of esters is 1. The predicted octanol–water partition coefficient (Wildman–Crippen LogP) is 4.49. The average molecular weight is 422 g/mol. The van der Waals surface area contributed by atoms with Crippen LogP contribution in [0, 0.1) is 0 Å². The highest BCUT2D eigenvalue weighted by Gasteiger charge is 2.44. The molecule has 0 N–H and O–H groups in total. The van der Waals surface area contributed by atoms with Crippen LogP contribution in [0.5, 0.6) is 34.5 Å². The third-order valence-electron chi connectivity index (χ3n) is 3.50. The summed E-state index contributed by atoms with van der Waals surface area (Å²) in [6.45, 7) is 0. The van der Waals surface area contributed by atoms with Crippen LogP contribution in [-0.4, -0.2) is 32.8 Å². The fourth-order valence-corrected chi connectivity index (χ4v) is 2.38. The van der Waals surface area contributed by atoms with Gasteiger partial charge in [-0.2, -0.15) is 0 Å². The van der Waals surface area contributed by atoms with Gasteiger partial charge in [0, 0.05) is 18.2 Å². The summed E-state index contributed by atoms with van der Waals surface area (Å²) in [5.41, 5.74) is -0.301. The molecule has 1 aliphatic heterocycles. The van der Waals surface area contributed by atoms with Crippen LogP contribution in [0.2, 0.25) is 0 Å². The summed E-state index contributed by atoms with van der Waals surface area (Å²) in [6.07, 6.45) is -8.86. The van der Waals surface area contributed by atoms with Crippen molar-refractivity contribution in [1.82, 2.24) is 0 Å². The van der Waals surface area contributed by atoms with Crippen LogP contribution < -0.4 is 23.7 Å². The first kappa shape index (κ1) is 20.3. The van der Waals surface area contributed by atoms with Gasteiger partial charge in [0.15, 0.2) is 23.0 Å². The molecule has 156 valence electrons. The van der Waals surface area contributed by atoms with E-state index in [2.05, 4.69) is 18.9 Å². The Morgan fingerprint density at radius 3 is 2.21 bits per heavy atom. The van der Waals surface area contributed by atoms with Gasteiger partial charge in [0.1, 0.15) is 17.1 Å². The Labute approximate surface area is 159 Å². The van der Waals surface area contributed by atoms with Crippen molar-refractivity contribution in [2.75, 3.05) is 14.2 Å². The van der Waals surface area contributed by atoms with Crippen LogP contribution >= 0.6 is 0 Å². The number of fused-ring (bicyclic) bond motifs is 1. The zero-order chi connectivity index (χ0) is 21.4. The second-order valence-electron chi connectivity index (χ2n) is 5.42. The number of rotatable bonds is 5. The molecule has 1 heterocycles. The SMILES string of the molecule is COC(=O)c1cc2c(cc1Oc1ccc(OC(F)(F)F)cc1OC)OC(F)(F)O2. The van der Waals surface area contributed by atoms with Gasteiger partial charge in [0.25, 0.3) is 0 Å². The van der Waals surface area contributed by atoms with Crippen molar-refractivity contribution in [3.63, 3.8) is 0 Å². The highest BCUT2D eigenvalue weighted by atomic mass is 19.4. The number of methoxy groups -OCH3 is 2. The molecule has 2 aromatic carbocycles. The van der Waals surface area contributed by atoms with Crippen molar-refractivity contribution in [2.45, 2.75) is 12.7 Å². The molecule has 0 fully saturated rings. The minimum absolute atomic E-state index is 0.141. The molecule has 0 spiro atoms. The fraction of sp³-hybridized carbons (Fsp3) is 0.235. The lowest BCUT2D eigenvalue weighted by Crippen LogP contribution is -2.25. The zero-order valence-corrected chi connectivity index (χ0v) is 14.6. The van der Waals surface area contributed by atoms with Gasteiger partial charge in [-0.1, -0.05) is 0 Å². The monoisotopic (exact) mass is 422 g/mol. The van der Waals surface area contributed by atoms with Crippen LogP contribution in [0.25, 0.3) is 0 Å². The molecule has 0 saturated carbocycles.